The lowest BCUT2D eigenvalue weighted by molar-refractivity contribution is 0.163. The van der Waals surface area contributed by atoms with Crippen molar-refractivity contribution in [3.63, 3.8) is 0 Å². The summed E-state index contributed by atoms with van der Waals surface area (Å²) in [5.74, 6) is 2.02. The van der Waals surface area contributed by atoms with Crippen molar-refractivity contribution in [2.75, 3.05) is 13.1 Å². The van der Waals surface area contributed by atoms with E-state index in [2.05, 4.69) is 46.6 Å². The molecule has 3 aromatic rings. The first-order valence-electron chi connectivity index (χ1n) is 9.13. The average molecular weight is 349 g/mol. The molecule has 1 N–H and O–H groups in total. The molecular formula is C21H23N3O2. The zero-order valence-electron chi connectivity index (χ0n) is 14.9. The number of aryl methyl sites for hydroxylation is 1. The van der Waals surface area contributed by atoms with Gasteiger partial charge in [-0.2, -0.15) is 4.98 Å². The van der Waals surface area contributed by atoms with Gasteiger partial charge in [-0.3, -0.25) is 0 Å². The van der Waals surface area contributed by atoms with Crippen LogP contribution in [0.2, 0.25) is 0 Å². The SMILES string of the molecule is Cc1ccc(OC2CCNCC2)c(-c2nc(Cc3ccccc3)no2)c1. The molecule has 0 spiro atoms. The molecule has 1 aromatic heterocycles. The molecule has 5 nitrogen and oxygen atoms in total. The van der Waals surface area contributed by atoms with Crippen molar-refractivity contribution in [3.8, 4) is 17.2 Å². The Kier molecular flexibility index (Phi) is 4.97. The van der Waals surface area contributed by atoms with E-state index in [0.717, 1.165) is 48.4 Å². The Morgan fingerprint density at radius 2 is 1.92 bits per heavy atom. The number of hydrogen-bond donors (Lipinski definition) is 1. The van der Waals surface area contributed by atoms with Gasteiger partial charge in [-0.15, -0.1) is 0 Å². The first kappa shape index (κ1) is 16.8. The van der Waals surface area contributed by atoms with E-state index in [1.807, 2.05) is 24.3 Å². The van der Waals surface area contributed by atoms with Gasteiger partial charge in [0.2, 0.25) is 0 Å². The molecule has 5 heteroatoms. The topological polar surface area (TPSA) is 60.2 Å². The molecule has 0 radical (unpaired) electrons. The second kappa shape index (κ2) is 7.70. The van der Waals surface area contributed by atoms with Crippen molar-refractivity contribution in [3.05, 3.63) is 65.5 Å². The standard InChI is InChI=1S/C21H23N3O2/c1-15-7-8-19(25-17-9-11-22-12-10-17)18(13-15)21-23-20(24-26-21)14-16-5-3-2-4-6-16/h2-8,13,17,22H,9-12,14H2,1H3. The summed E-state index contributed by atoms with van der Waals surface area (Å²) in [5.41, 5.74) is 3.17. The van der Waals surface area contributed by atoms with E-state index in [1.165, 1.54) is 0 Å². The zero-order valence-corrected chi connectivity index (χ0v) is 14.9. The van der Waals surface area contributed by atoms with Gasteiger partial charge in [0.1, 0.15) is 11.9 Å². The maximum Gasteiger partial charge on any atom is 0.261 e. The van der Waals surface area contributed by atoms with Crippen molar-refractivity contribution >= 4 is 0 Å². The lowest BCUT2D eigenvalue weighted by Crippen LogP contribution is -2.34. The van der Waals surface area contributed by atoms with E-state index in [1.54, 1.807) is 0 Å². The summed E-state index contributed by atoms with van der Waals surface area (Å²) in [4.78, 5) is 4.60. The zero-order chi connectivity index (χ0) is 17.8. The van der Waals surface area contributed by atoms with Crippen molar-refractivity contribution in [2.45, 2.75) is 32.3 Å². The van der Waals surface area contributed by atoms with E-state index < -0.39 is 0 Å². The Labute approximate surface area is 153 Å². The summed E-state index contributed by atoms with van der Waals surface area (Å²) >= 11 is 0. The van der Waals surface area contributed by atoms with E-state index in [0.29, 0.717) is 18.1 Å². The average Bonchev–Trinajstić information content (AvgIpc) is 3.13. The summed E-state index contributed by atoms with van der Waals surface area (Å²) < 4.78 is 11.8. The highest BCUT2D eigenvalue weighted by Gasteiger charge is 2.19. The molecular weight excluding hydrogens is 326 g/mol. The van der Waals surface area contributed by atoms with Crippen LogP contribution >= 0.6 is 0 Å². The van der Waals surface area contributed by atoms with Crippen molar-refractivity contribution in [1.82, 2.24) is 15.5 Å². The molecule has 1 aliphatic rings. The molecule has 2 aromatic carbocycles. The van der Waals surface area contributed by atoms with Crippen molar-refractivity contribution in [2.24, 2.45) is 0 Å². The van der Waals surface area contributed by atoms with Crippen LogP contribution in [0.25, 0.3) is 11.5 Å². The number of nitrogens with one attached hydrogen (secondary N) is 1. The molecule has 2 heterocycles. The molecule has 26 heavy (non-hydrogen) atoms. The summed E-state index contributed by atoms with van der Waals surface area (Å²) in [6.45, 7) is 4.04. The third-order valence-corrected chi connectivity index (χ3v) is 4.62. The van der Waals surface area contributed by atoms with Gasteiger partial charge in [-0.25, -0.2) is 0 Å². The van der Waals surface area contributed by atoms with Crippen LogP contribution in [0, 0.1) is 6.92 Å². The predicted molar refractivity (Wildman–Crippen MR) is 100 cm³/mol. The Morgan fingerprint density at radius 1 is 1.12 bits per heavy atom. The highest BCUT2D eigenvalue weighted by Crippen LogP contribution is 2.31. The smallest absolute Gasteiger partial charge is 0.261 e. The number of ether oxygens (including phenoxy) is 1. The minimum absolute atomic E-state index is 0.226. The quantitative estimate of drug-likeness (QED) is 0.760. The highest BCUT2D eigenvalue weighted by atomic mass is 16.5. The van der Waals surface area contributed by atoms with Gasteiger partial charge in [0.15, 0.2) is 5.82 Å². The second-order valence-corrected chi connectivity index (χ2v) is 6.74. The van der Waals surface area contributed by atoms with Crippen molar-refractivity contribution < 1.29 is 9.26 Å². The number of aromatic nitrogens is 2. The second-order valence-electron chi connectivity index (χ2n) is 6.74. The number of piperidine rings is 1. The fraction of sp³-hybridized carbons (Fsp3) is 0.333. The molecule has 4 rings (SSSR count). The Hall–Kier alpha value is -2.66. The first-order valence-corrected chi connectivity index (χ1v) is 9.13. The number of hydrogen-bond acceptors (Lipinski definition) is 5. The van der Waals surface area contributed by atoms with E-state index >= 15 is 0 Å². The van der Waals surface area contributed by atoms with Crippen LogP contribution in [0.5, 0.6) is 5.75 Å². The molecule has 1 aliphatic heterocycles. The molecule has 1 fully saturated rings. The van der Waals surface area contributed by atoms with Gasteiger partial charge in [-0.05, 0) is 50.6 Å². The lowest BCUT2D eigenvalue weighted by atomic mass is 10.1. The lowest BCUT2D eigenvalue weighted by Gasteiger charge is -2.24. The van der Waals surface area contributed by atoms with Crippen LogP contribution in [0.15, 0.2) is 53.1 Å². The number of rotatable bonds is 5. The summed E-state index contributed by atoms with van der Waals surface area (Å²) in [5, 5.41) is 7.52. The summed E-state index contributed by atoms with van der Waals surface area (Å²) in [7, 11) is 0. The maximum absolute atomic E-state index is 6.26. The first-order chi connectivity index (χ1) is 12.8. The van der Waals surface area contributed by atoms with Crippen LogP contribution in [0.4, 0.5) is 0 Å². The number of benzene rings is 2. The van der Waals surface area contributed by atoms with Gasteiger partial charge in [0.05, 0.1) is 5.56 Å². The molecule has 0 atom stereocenters. The monoisotopic (exact) mass is 349 g/mol. The van der Waals surface area contributed by atoms with Crippen LogP contribution in [0.3, 0.4) is 0 Å². The van der Waals surface area contributed by atoms with Crippen LogP contribution in [-0.4, -0.2) is 29.3 Å². The van der Waals surface area contributed by atoms with Crippen LogP contribution < -0.4 is 10.1 Å². The van der Waals surface area contributed by atoms with E-state index in [9.17, 15) is 0 Å². The van der Waals surface area contributed by atoms with Gasteiger partial charge >= 0.3 is 0 Å². The Bertz CT molecular complexity index is 855. The minimum Gasteiger partial charge on any atom is -0.489 e. The summed E-state index contributed by atoms with van der Waals surface area (Å²) in [6.07, 6.45) is 2.90. The molecule has 0 amide bonds. The van der Waals surface area contributed by atoms with Crippen LogP contribution in [0.1, 0.15) is 29.8 Å². The van der Waals surface area contributed by atoms with Gasteiger partial charge in [-0.1, -0.05) is 47.1 Å². The van der Waals surface area contributed by atoms with Crippen molar-refractivity contribution in [1.29, 1.82) is 0 Å². The minimum atomic E-state index is 0.226. The largest absolute Gasteiger partial charge is 0.489 e. The molecule has 0 aliphatic carbocycles. The Morgan fingerprint density at radius 3 is 2.73 bits per heavy atom. The number of nitrogens with zero attached hydrogens (tertiary/aromatic N) is 2. The molecule has 0 unspecified atom stereocenters. The predicted octanol–water partition coefficient (Wildman–Crippen LogP) is 3.77. The third-order valence-electron chi connectivity index (χ3n) is 4.62. The highest BCUT2D eigenvalue weighted by molar-refractivity contribution is 5.63. The molecule has 0 saturated carbocycles. The maximum atomic E-state index is 6.26. The van der Waals surface area contributed by atoms with Gasteiger partial charge in [0, 0.05) is 6.42 Å². The molecule has 0 bridgehead atoms. The van der Waals surface area contributed by atoms with E-state index in [-0.39, 0.29) is 6.10 Å². The van der Waals surface area contributed by atoms with Gasteiger partial charge < -0.3 is 14.6 Å². The van der Waals surface area contributed by atoms with E-state index in [4.69, 9.17) is 9.26 Å². The van der Waals surface area contributed by atoms with Gasteiger partial charge in [0.25, 0.3) is 5.89 Å². The summed E-state index contributed by atoms with van der Waals surface area (Å²) in [6, 6.07) is 16.3. The Balaban J connectivity index is 1.57. The fourth-order valence-electron chi connectivity index (χ4n) is 3.22. The fourth-order valence-corrected chi connectivity index (χ4v) is 3.22. The molecule has 1 saturated heterocycles. The van der Waals surface area contributed by atoms with Crippen LogP contribution in [-0.2, 0) is 6.42 Å². The normalized spacial score (nSPS) is 15.1. The molecule has 134 valence electrons. The third kappa shape index (κ3) is 3.94.